The van der Waals surface area contributed by atoms with Crippen molar-refractivity contribution in [1.29, 1.82) is 0 Å². The van der Waals surface area contributed by atoms with E-state index >= 15 is 0 Å². The molecular formula is C18H20Cl2O8P2S. The van der Waals surface area contributed by atoms with E-state index in [9.17, 15) is 22.7 Å². The predicted molar refractivity (Wildman–Crippen MR) is 121 cm³/mol. The van der Waals surface area contributed by atoms with Crippen LogP contribution in [0.3, 0.4) is 0 Å². The van der Waals surface area contributed by atoms with Crippen molar-refractivity contribution in [3.8, 4) is 0 Å². The van der Waals surface area contributed by atoms with Crippen molar-refractivity contribution in [2.75, 3.05) is 6.16 Å². The van der Waals surface area contributed by atoms with Gasteiger partial charge in [0.2, 0.25) is 25.9 Å². The minimum atomic E-state index is -3.96. The number of benzene rings is 2. The topological polar surface area (TPSA) is 138 Å². The third kappa shape index (κ3) is 7.26. The third-order valence-electron chi connectivity index (χ3n) is 4.25. The Morgan fingerprint density at radius 2 is 1.68 bits per heavy atom. The fourth-order valence-corrected chi connectivity index (χ4v) is 5.16. The van der Waals surface area contributed by atoms with Gasteiger partial charge in [0.05, 0.1) is 9.79 Å². The summed E-state index contributed by atoms with van der Waals surface area (Å²) in [5, 5.41) is 18.4. The Kier molecular flexibility index (Phi) is 9.96. The van der Waals surface area contributed by atoms with Crippen LogP contribution < -0.4 is 0 Å². The number of aryl methyl sites for hydroxylation is 1. The molecule has 0 aliphatic carbocycles. The first-order valence-corrected chi connectivity index (χ1v) is 14.0. The zero-order valence-corrected chi connectivity index (χ0v) is 20.2. The van der Waals surface area contributed by atoms with E-state index in [-0.39, 0.29) is 26.5 Å². The van der Waals surface area contributed by atoms with Gasteiger partial charge in [-0.15, -0.1) is 0 Å². The number of sulfone groups is 1. The van der Waals surface area contributed by atoms with Crippen LogP contribution in [0.25, 0.3) is 6.08 Å². The Bertz CT molecular complexity index is 1120. The SMILES string of the molecule is O=[PH](CCCc1cc(S(=O)(=O)c2ccc(Cl)c(/C=C\C(O)[PH](=O)O)c2)ccc1Cl)OO. The van der Waals surface area contributed by atoms with Crippen LogP contribution in [0, 0.1) is 0 Å². The van der Waals surface area contributed by atoms with E-state index < -0.39 is 31.7 Å². The summed E-state index contributed by atoms with van der Waals surface area (Å²) in [7, 11) is -9.69. The molecule has 31 heavy (non-hydrogen) atoms. The number of hydrogen-bond donors (Lipinski definition) is 3. The molecule has 170 valence electrons. The van der Waals surface area contributed by atoms with E-state index in [2.05, 4.69) is 4.67 Å². The molecule has 3 atom stereocenters. The zero-order valence-electron chi connectivity index (χ0n) is 15.9. The van der Waals surface area contributed by atoms with Gasteiger partial charge in [-0.05, 0) is 66.4 Å². The van der Waals surface area contributed by atoms with E-state index in [1.165, 1.54) is 42.5 Å². The Balaban J connectivity index is 2.35. The number of aliphatic hydroxyl groups is 1. The molecule has 0 aliphatic rings. The Morgan fingerprint density at radius 1 is 1.06 bits per heavy atom. The maximum Gasteiger partial charge on any atom is 0.224 e. The van der Waals surface area contributed by atoms with E-state index in [1.54, 1.807) is 0 Å². The molecule has 0 amide bonds. The van der Waals surface area contributed by atoms with Crippen molar-refractivity contribution in [1.82, 2.24) is 0 Å². The molecule has 3 unspecified atom stereocenters. The highest BCUT2D eigenvalue weighted by molar-refractivity contribution is 7.91. The molecule has 0 aliphatic heterocycles. The van der Waals surface area contributed by atoms with E-state index in [1.807, 2.05) is 0 Å². The lowest BCUT2D eigenvalue weighted by atomic mass is 10.1. The fourth-order valence-electron chi connectivity index (χ4n) is 2.61. The normalized spacial score (nSPS) is 15.1. The standard InChI is InChI=1S/C18H20Cl2O8P2S/c19-16-6-4-14(10-12(16)2-1-9-29(23)28-22)31(26,27)15-5-7-17(20)13(11-15)3-8-18(21)30(24)25/h3-8,10-11,18,21-22,29-30H,1-2,9H2,(H,24,25)/b8-3-. The first kappa shape index (κ1) is 26.3. The highest BCUT2D eigenvalue weighted by Crippen LogP contribution is 2.30. The van der Waals surface area contributed by atoms with Crippen molar-refractivity contribution in [2.24, 2.45) is 0 Å². The van der Waals surface area contributed by atoms with Gasteiger partial charge in [-0.25, -0.2) is 13.7 Å². The minimum absolute atomic E-state index is 0.0179. The van der Waals surface area contributed by atoms with Gasteiger partial charge in [-0.1, -0.05) is 29.3 Å². The number of aliphatic hydroxyl groups excluding tert-OH is 1. The van der Waals surface area contributed by atoms with Crippen molar-refractivity contribution >= 4 is 55.2 Å². The first-order valence-electron chi connectivity index (χ1n) is 8.82. The maximum atomic E-state index is 13.1. The second-order valence-corrected chi connectivity index (χ2v) is 11.9. The lowest BCUT2D eigenvalue weighted by Gasteiger charge is -2.10. The van der Waals surface area contributed by atoms with Crippen LogP contribution in [0.15, 0.2) is 52.3 Å². The molecule has 0 saturated heterocycles. The van der Waals surface area contributed by atoms with Crippen LogP contribution in [0.1, 0.15) is 17.5 Å². The van der Waals surface area contributed by atoms with Gasteiger partial charge in [-0.2, -0.15) is 4.67 Å². The number of hydrogen-bond acceptors (Lipinski definition) is 7. The first-order chi connectivity index (χ1) is 14.6. The van der Waals surface area contributed by atoms with Crippen molar-refractivity contribution < 1.29 is 37.5 Å². The second-order valence-electron chi connectivity index (χ2n) is 6.40. The average Bonchev–Trinajstić information content (AvgIpc) is 2.73. The van der Waals surface area contributed by atoms with Crippen LogP contribution in [0.5, 0.6) is 0 Å². The highest BCUT2D eigenvalue weighted by Gasteiger charge is 2.20. The Morgan fingerprint density at radius 3 is 2.29 bits per heavy atom. The van der Waals surface area contributed by atoms with E-state index in [4.69, 9.17) is 33.4 Å². The minimum Gasteiger partial charge on any atom is -0.379 e. The average molecular weight is 529 g/mol. The lowest BCUT2D eigenvalue weighted by Crippen LogP contribution is -2.04. The van der Waals surface area contributed by atoms with Gasteiger partial charge in [0.1, 0.15) is 5.85 Å². The molecule has 0 radical (unpaired) electrons. The monoisotopic (exact) mass is 528 g/mol. The smallest absolute Gasteiger partial charge is 0.224 e. The van der Waals surface area contributed by atoms with Crippen LogP contribution in [-0.2, 0) is 30.1 Å². The number of halogens is 2. The molecule has 2 rings (SSSR count). The van der Waals surface area contributed by atoms with Gasteiger partial charge in [-0.3, -0.25) is 9.13 Å². The fraction of sp³-hybridized carbons (Fsp3) is 0.222. The summed E-state index contributed by atoms with van der Waals surface area (Å²) >= 11 is 12.2. The second kappa shape index (κ2) is 11.8. The highest BCUT2D eigenvalue weighted by atomic mass is 35.5. The molecule has 0 saturated carbocycles. The molecular weight excluding hydrogens is 509 g/mol. The molecule has 0 fully saturated rings. The van der Waals surface area contributed by atoms with Crippen LogP contribution in [0.2, 0.25) is 10.0 Å². The van der Waals surface area contributed by atoms with Gasteiger partial charge in [0, 0.05) is 16.2 Å². The van der Waals surface area contributed by atoms with E-state index in [0.29, 0.717) is 23.4 Å². The van der Waals surface area contributed by atoms with Crippen molar-refractivity contribution in [2.45, 2.75) is 28.5 Å². The summed E-state index contributed by atoms with van der Waals surface area (Å²) in [4.78, 5) is 8.83. The van der Waals surface area contributed by atoms with Gasteiger partial charge < -0.3 is 10.00 Å². The summed E-state index contributed by atoms with van der Waals surface area (Å²) in [5.41, 5.74) is 0.772. The van der Waals surface area contributed by atoms with Crippen LogP contribution in [-0.4, -0.2) is 35.7 Å². The predicted octanol–water partition coefficient (Wildman–Crippen LogP) is 4.52. The molecule has 0 aromatic heterocycles. The largest absolute Gasteiger partial charge is 0.379 e. The van der Waals surface area contributed by atoms with Crippen LogP contribution >= 0.6 is 39.3 Å². The Labute approximate surface area is 190 Å². The summed E-state index contributed by atoms with van der Waals surface area (Å²) in [6.07, 6.45) is 3.14. The van der Waals surface area contributed by atoms with Gasteiger partial charge >= 0.3 is 0 Å². The molecule has 0 spiro atoms. The molecule has 3 N–H and O–H groups in total. The van der Waals surface area contributed by atoms with Gasteiger partial charge in [0.25, 0.3) is 0 Å². The van der Waals surface area contributed by atoms with Gasteiger partial charge in [0.15, 0.2) is 0 Å². The number of rotatable bonds is 10. The maximum absolute atomic E-state index is 13.1. The summed E-state index contributed by atoms with van der Waals surface area (Å²) < 4.78 is 52.1. The summed E-state index contributed by atoms with van der Waals surface area (Å²) in [6.45, 7) is 0. The van der Waals surface area contributed by atoms with Crippen molar-refractivity contribution in [3.05, 3.63) is 63.6 Å². The van der Waals surface area contributed by atoms with E-state index in [0.717, 1.165) is 6.08 Å². The molecule has 0 bridgehead atoms. The molecule has 13 heteroatoms. The summed E-state index contributed by atoms with van der Waals surface area (Å²) in [6, 6.07) is 8.19. The Hall–Kier alpha value is -0.990. The lowest BCUT2D eigenvalue weighted by molar-refractivity contribution is -0.130. The molecule has 2 aromatic rings. The molecule has 2 aromatic carbocycles. The molecule has 8 nitrogen and oxygen atoms in total. The van der Waals surface area contributed by atoms with Crippen molar-refractivity contribution in [3.63, 3.8) is 0 Å². The molecule has 0 heterocycles. The summed E-state index contributed by atoms with van der Waals surface area (Å²) in [5.74, 6) is -1.58. The third-order valence-corrected chi connectivity index (χ3v) is 8.37. The zero-order chi connectivity index (χ0) is 23.2. The van der Waals surface area contributed by atoms with Crippen LogP contribution in [0.4, 0.5) is 0 Å². The quantitative estimate of drug-likeness (QED) is 0.232.